The van der Waals surface area contributed by atoms with E-state index in [0.29, 0.717) is 40.1 Å². The lowest BCUT2D eigenvalue weighted by Gasteiger charge is -2.33. The van der Waals surface area contributed by atoms with Gasteiger partial charge in [-0.25, -0.2) is 8.42 Å². The molecule has 244 valence electrons. The number of carbonyl (C=O) groups is 2. The molecule has 0 heterocycles. The van der Waals surface area contributed by atoms with E-state index in [1.165, 1.54) is 37.3 Å². The van der Waals surface area contributed by atoms with Crippen LogP contribution in [0.1, 0.15) is 39.7 Å². The molecule has 0 aliphatic carbocycles. The first-order valence-corrected chi connectivity index (χ1v) is 16.6. The highest BCUT2D eigenvalue weighted by atomic mass is 35.5. The van der Waals surface area contributed by atoms with Crippen molar-refractivity contribution in [2.45, 2.75) is 57.6 Å². The fraction of sp³-hybridized carbons (Fsp3) is 0.375. The second-order valence-electron chi connectivity index (χ2n) is 10.2. The molecule has 0 unspecified atom stereocenters. The maximum Gasteiger partial charge on any atom is 0.264 e. The molecule has 0 aliphatic heterocycles. The number of amides is 2. The number of rotatable bonds is 15. The summed E-state index contributed by atoms with van der Waals surface area (Å²) in [4.78, 5) is 28.6. The molecule has 10 nitrogen and oxygen atoms in total. The summed E-state index contributed by atoms with van der Waals surface area (Å²) < 4.78 is 45.6. The second kappa shape index (κ2) is 16.1. The Morgan fingerprint density at radius 2 is 1.53 bits per heavy atom. The van der Waals surface area contributed by atoms with Gasteiger partial charge in [0.2, 0.25) is 11.8 Å². The van der Waals surface area contributed by atoms with E-state index in [0.717, 1.165) is 4.31 Å². The molecular formula is C32H39Cl2N3O7S. The number of benzene rings is 3. The fourth-order valence-electron chi connectivity index (χ4n) is 4.41. The monoisotopic (exact) mass is 679 g/mol. The molecule has 0 spiro atoms. The first-order chi connectivity index (χ1) is 21.4. The van der Waals surface area contributed by atoms with Gasteiger partial charge in [0.15, 0.2) is 11.5 Å². The zero-order valence-corrected chi connectivity index (χ0v) is 28.5. The number of nitrogens with zero attached hydrogens (tertiary/aromatic N) is 2. The number of carbonyl (C=O) groups excluding carboxylic acids is 2. The number of sulfonamides is 1. The normalized spacial score (nSPS) is 12.5. The van der Waals surface area contributed by atoms with Crippen molar-refractivity contribution >= 4 is 50.7 Å². The van der Waals surface area contributed by atoms with E-state index in [2.05, 4.69) is 5.32 Å². The van der Waals surface area contributed by atoms with Crippen molar-refractivity contribution in [2.75, 3.05) is 31.7 Å². The molecule has 0 aromatic heterocycles. The van der Waals surface area contributed by atoms with Crippen LogP contribution >= 0.6 is 23.2 Å². The lowest BCUT2D eigenvalue weighted by molar-refractivity contribution is -0.139. The minimum atomic E-state index is -4.37. The lowest BCUT2D eigenvalue weighted by atomic mass is 10.1. The summed E-state index contributed by atoms with van der Waals surface area (Å²) in [5.41, 5.74) is 0.627. The van der Waals surface area contributed by atoms with Crippen molar-refractivity contribution in [3.05, 3.63) is 76.3 Å². The average molecular weight is 681 g/mol. The predicted octanol–water partition coefficient (Wildman–Crippen LogP) is 5.94. The van der Waals surface area contributed by atoms with Crippen LogP contribution in [0.2, 0.25) is 10.0 Å². The molecule has 1 N–H and O–H groups in total. The van der Waals surface area contributed by atoms with Gasteiger partial charge in [0.25, 0.3) is 10.0 Å². The van der Waals surface area contributed by atoms with E-state index in [1.54, 1.807) is 49.4 Å². The summed E-state index contributed by atoms with van der Waals surface area (Å²) >= 11 is 12.9. The minimum absolute atomic E-state index is 0.134. The number of nitrogens with one attached hydrogen (secondary N) is 1. The van der Waals surface area contributed by atoms with Crippen LogP contribution in [0.15, 0.2) is 65.6 Å². The van der Waals surface area contributed by atoms with Crippen molar-refractivity contribution in [2.24, 2.45) is 0 Å². The number of ether oxygens (including phenoxy) is 3. The van der Waals surface area contributed by atoms with Crippen LogP contribution in [0.3, 0.4) is 0 Å². The van der Waals surface area contributed by atoms with Gasteiger partial charge >= 0.3 is 0 Å². The van der Waals surface area contributed by atoms with E-state index in [4.69, 9.17) is 37.4 Å². The number of hydrogen-bond acceptors (Lipinski definition) is 7. The Morgan fingerprint density at radius 3 is 2.09 bits per heavy atom. The summed E-state index contributed by atoms with van der Waals surface area (Å²) in [5.74, 6) is -0.000663. The molecule has 3 aromatic rings. The Hall–Kier alpha value is -3.67. The van der Waals surface area contributed by atoms with Crippen molar-refractivity contribution < 1.29 is 32.2 Å². The van der Waals surface area contributed by atoms with Crippen molar-refractivity contribution in [1.82, 2.24) is 10.2 Å². The summed E-state index contributed by atoms with van der Waals surface area (Å²) in [6.45, 7) is 6.82. The summed E-state index contributed by atoms with van der Waals surface area (Å²) in [5, 5.41) is 3.50. The Labute approximate surface area is 275 Å². The first-order valence-electron chi connectivity index (χ1n) is 14.4. The standard InChI is InChI=1S/C32H39Cl2N3O7S/c1-7-21(3)35-32(39)22(4)36(19-26-27(33)10-9-11-28(26)34)31(38)20-37(23-12-14-24(15-13-23)44-8-2)45(40,41)25-16-17-29(42-5)30(18-25)43-6/h9-18,21-22H,7-8,19-20H2,1-6H3,(H,35,39)/t21-,22+/m0/s1. The van der Waals surface area contributed by atoms with E-state index in [9.17, 15) is 18.0 Å². The van der Waals surface area contributed by atoms with Crippen molar-refractivity contribution in [3.63, 3.8) is 0 Å². The van der Waals surface area contributed by atoms with Crippen LogP contribution in [0, 0.1) is 0 Å². The molecule has 2 amide bonds. The second-order valence-corrected chi connectivity index (χ2v) is 12.8. The highest BCUT2D eigenvalue weighted by molar-refractivity contribution is 7.92. The largest absolute Gasteiger partial charge is 0.494 e. The third-order valence-electron chi connectivity index (χ3n) is 7.22. The molecule has 3 rings (SSSR count). The zero-order valence-electron chi connectivity index (χ0n) is 26.2. The van der Waals surface area contributed by atoms with Crippen LogP contribution < -0.4 is 23.8 Å². The predicted molar refractivity (Wildman–Crippen MR) is 176 cm³/mol. The summed E-state index contributed by atoms with van der Waals surface area (Å²) in [7, 11) is -1.53. The highest BCUT2D eigenvalue weighted by Crippen LogP contribution is 2.33. The third-order valence-corrected chi connectivity index (χ3v) is 9.69. The number of halogens is 2. The van der Waals surface area contributed by atoms with Crippen molar-refractivity contribution in [3.8, 4) is 17.2 Å². The molecular weight excluding hydrogens is 641 g/mol. The molecule has 2 atom stereocenters. The van der Waals surface area contributed by atoms with E-state index >= 15 is 0 Å². The van der Waals surface area contributed by atoms with Crippen LogP contribution in [0.5, 0.6) is 17.2 Å². The molecule has 0 bridgehead atoms. The summed E-state index contributed by atoms with van der Waals surface area (Å²) in [6, 6.07) is 14.3. The molecule has 0 saturated carbocycles. The van der Waals surface area contributed by atoms with Gasteiger partial charge in [0.1, 0.15) is 18.3 Å². The van der Waals surface area contributed by atoms with Crippen LogP contribution in [0.25, 0.3) is 0 Å². The first kappa shape index (κ1) is 35.8. The van der Waals surface area contributed by atoms with Gasteiger partial charge in [-0.1, -0.05) is 36.2 Å². The third kappa shape index (κ3) is 8.74. The fourth-order valence-corrected chi connectivity index (χ4v) is 6.36. The van der Waals surface area contributed by atoms with Gasteiger partial charge in [0.05, 0.1) is 31.4 Å². The number of methoxy groups -OCH3 is 2. The Morgan fingerprint density at radius 1 is 0.911 bits per heavy atom. The molecule has 0 radical (unpaired) electrons. The van der Waals surface area contributed by atoms with Gasteiger partial charge in [-0.15, -0.1) is 0 Å². The quantitative estimate of drug-likeness (QED) is 0.212. The van der Waals surface area contributed by atoms with E-state index in [-0.39, 0.29) is 28.9 Å². The summed E-state index contributed by atoms with van der Waals surface area (Å²) in [6.07, 6.45) is 0.678. The zero-order chi connectivity index (χ0) is 33.3. The minimum Gasteiger partial charge on any atom is -0.494 e. The molecule has 0 aliphatic rings. The highest BCUT2D eigenvalue weighted by Gasteiger charge is 2.34. The maximum absolute atomic E-state index is 14.2. The van der Waals surface area contributed by atoms with Crippen molar-refractivity contribution in [1.29, 1.82) is 0 Å². The topological polar surface area (TPSA) is 114 Å². The molecule has 13 heteroatoms. The lowest BCUT2D eigenvalue weighted by Crippen LogP contribution is -2.52. The van der Waals surface area contributed by atoms with Crippen LogP contribution in [-0.2, 0) is 26.2 Å². The Bertz CT molecular complexity index is 1570. The Balaban J connectivity index is 2.12. The Kier molecular flexibility index (Phi) is 12.8. The molecule has 0 fully saturated rings. The van der Waals surface area contributed by atoms with Gasteiger partial charge in [-0.2, -0.15) is 0 Å². The number of hydrogen-bond donors (Lipinski definition) is 1. The molecule has 0 saturated heterocycles. The number of anilines is 1. The molecule has 3 aromatic carbocycles. The van der Waals surface area contributed by atoms with E-state index < -0.39 is 34.4 Å². The van der Waals surface area contributed by atoms with Crippen LogP contribution in [-0.4, -0.2) is 64.6 Å². The molecule has 45 heavy (non-hydrogen) atoms. The maximum atomic E-state index is 14.2. The van der Waals surface area contributed by atoms with Gasteiger partial charge in [-0.05, 0) is 75.7 Å². The van der Waals surface area contributed by atoms with E-state index in [1.807, 2.05) is 20.8 Å². The average Bonchev–Trinajstić information content (AvgIpc) is 3.03. The van der Waals surface area contributed by atoms with Gasteiger partial charge in [0, 0.05) is 34.3 Å². The van der Waals surface area contributed by atoms with Gasteiger partial charge < -0.3 is 24.4 Å². The smallest absolute Gasteiger partial charge is 0.264 e. The van der Waals surface area contributed by atoms with Gasteiger partial charge in [-0.3, -0.25) is 13.9 Å². The SMILES string of the molecule is CCOc1ccc(N(CC(=O)N(Cc2c(Cl)cccc2Cl)[C@H](C)C(=O)N[C@@H](C)CC)S(=O)(=O)c2ccc(OC)c(OC)c2)cc1. The van der Waals surface area contributed by atoms with Crippen LogP contribution in [0.4, 0.5) is 5.69 Å².